The van der Waals surface area contributed by atoms with E-state index < -0.39 is 0 Å². The van der Waals surface area contributed by atoms with E-state index in [1.165, 1.54) is 0 Å². The van der Waals surface area contributed by atoms with E-state index in [-0.39, 0.29) is 24.3 Å². The average molecular weight is 274 g/mol. The Morgan fingerprint density at radius 1 is 1.30 bits per heavy atom. The Morgan fingerprint density at radius 3 is 3.05 bits per heavy atom. The van der Waals surface area contributed by atoms with Crippen LogP contribution in [0.2, 0.25) is 0 Å². The Kier molecular flexibility index (Phi) is 3.58. The van der Waals surface area contributed by atoms with Gasteiger partial charge in [0.2, 0.25) is 11.8 Å². The van der Waals surface area contributed by atoms with Crippen molar-refractivity contribution in [2.45, 2.75) is 18.8 Å². The molecule has 2 amide bonds. The number of benzene rings is 1. The van der Waals surface area contributed by atoms with Gasteiger partial charge in [-0.3, -0.25) is 9.59 Å². The minimum Gasteiger partial charge on any atom is -0.493 e. The number of para-hydroxylation sites is 1. The second kappa shape index (κ2) is 5.53. The highest BCUT2D eigenvalue weighted by Crippen LogP contribution is 2.33. The summed E-state index contributed by atoms with van der Waals surface area (Å²) in [5.74, 6) is 1.16. The monoisotopic (exact) mass is 274 g/mol. The third-order valence-corrected chi connectivity index (χ3v) is 3.92. The predicted octanol–water partition coefficient (Wildman–Crippen LogP) is 0.901. The number of hydrogen-bond donors (Lipinski definition) is 1. The molecule has 106 valence electrons. The van der Waals surface area contributed by atoms with Crippen molar-refractivity contribution in [3.05, 3.63) is 29.8 Å². The summed E-state index contributed by atoms with van der Waals surface area (Å²) in [5.41, 5.74) is 1.16. The van der Waals surface area contributed by atoms with Crippen LogP contribution < -0.4 is 10.1 Å². The van der Waals surface area contributed by atoms with E-state index in [1.54, 1.807) is 4.90 Å². The summed E-state index contributed by atoms with van der Waals surface area (Å²) in [5, 5.41) is 2.63. The number of hydrogen-bond acceptors (Lipinski definition) is 3. The van der Waals surface area contributed by atoms with Crippen LogP contribution in [0.25, 0.3) is 0 Å². The first-order chi connectivity index (χ1) is 9.74. The van der Waals surface area contributed by atoms with E-state index >= 15 is 0 Å². The lowest BCUT2D eigenvalue weighted by molar-refractivity contribution is -0.130. The summed E-state index contributed by atoms with van der Waals surface area (Å²) in [6.45, 7) is 1.96. The van der Waals surface area contributed by atoms with Gasteiger partial charge in [-0.15, -0.1) is 0 Å². The molecular weight excluding hydrogens is 256 g/mol. The Balaban J connectivity index is 1.75. The quantitative estimate of drug-likeness (QED) is 0.871. The highest BCUT2D eigenvalue weighted by molar-refractivity contribution is 5.87. The van der Waals surface area contributed by atoms with Crippen LogP contribution in [0.3, 0.4) is 0 Å². The molecule has 0 aromatic heterocycles. The van der Waals surface area contributed by atoms with Crippen molar-refractivity contribution >= 4 is 11.8 Å². The van der Waals surface area contributed by atoms with Crippen LogP contribution >= 0.6 is 0 Å². The number of rotatable bonds is 2. The van der Waals surface area contributed by atoms with Gasteiger partial charge in [0.05, 0.1) is 13.2 Å². The summed E-state index contributed by atoms with van der Waals surface area (Å²) in [6.07, 6.45) is 1.29. The lowest BCUT2D eigenvalue weighted by Crippen LogP contribution is -2.38. The summed E-state index contributed by atoms with van der Waals surface area (Å²) in [6, 6.07) is 7.98. The molecule has 0 radical (unpaired) electrons. The molecule has 0 spiro atoms. The molecule has 0 bridgehead atoms. The molecule has 2 aliphatic rings. The van der Waals surface area contributed by atoms with Crippen molar-refractivity contribution in [1.82, 2.24) is 10.2 Å². The molecule has 2 aliphatic heterocycles. The van der Waals surface area contributed by atoms with Crippen molar-refractivity contribution in [1.29, 1.82) is 0 Å². The standard InChI is InChI=1S/C15H18N2O3/c18-14-5-7-17(15(19)9-16-14)10-11-6-8-20-13-4-2-1-3-12(11)13/h1-4,11H,5-10H2,(H,16,18). The highest BCUT2D eigenvalue weighted by Gasteiger charge is 2.27. The van der Waals surface area contributed by atoms with Crippen molar-refractivity contribution < 1.29 is 14.3 Å². The molecular formula is C15H18N2O3. The van der Waals surface area contributed by atoms with Crippen LogP contribution in [0, 0.1) is 0 Å². The van der Waals surface area contributed by atoms with E-state index in [0.717, 1.165) is 17.7 Å². The first kappa shape index (κ1) is 13.0. The number of ether oxygens (including phenoxy) is 1. The van der Waals surface area contributed by atoms with Crippen LogP contribution in [0.15, 0.2) is 24.3 Å². The first-order valence-corrected chi connectivity index (χ1v) is 7.00. The Bertz CT molecular complexity index is 530. The molecule has 20 heavy (non-hydrogen) atoms. The van der Waals surface area contributed by atoms with Crippen LogP contribution in [-0.4, -0.2) is 43.0 Å². The molecule has 1 saturated heterocycles. The van der Waals surface area contributed by atoms with Gasteiger partial charge < -0.3 is 15.0 Å². The summed E-state index contributed by atoms with van der Waals surface area (Å²) in [4.78, 5) is 25.2. The van der Waals surface area contributed by atoms with Crippen LogP contribution in [-0.2, 0) is 9.59 Å². The fourth-order valence-corrected chi connectivity index (χ4v) is 2.80. The fraction of sp³-hybridized carbons (Fsp3) is 0.467. The SMILES string of the molecule is O=C1CCN(CC2CCOc3ccccc32)C(=O)CN1. The molecule has 1 aromatic carbocycles. The molecule has 1 N–H and O–H groups in total. The van der Waals surface area contributed by atoms with Gasteiger partial charge in [0, 0.05) is 25.4 Å². The van der Waals surface area contributed by atoms with Crippen molar-refractivity contribution in [2.75, 3.05) is 26.2 Å². The zero-order chi connectivity index (χ0) is 13.9. The largest absolute Gasteiger partial charge is 0.493 e. The minimum atomic E-state index is -0.0479. The number of fused-ring (bicyclic) bond motifs is 1. The maximum Gasteiger partial charge on any atom is 0.241 e. The lowest BCUT2D eigenvalue weighted by Gasteiger charge is -2.30. The highest BCUT2D eigenvalue weighted by atomic mass is 16.5. The Morgan fingerprint density at radius 2 is 2.15 bits per heavy atom. The second-order valence-electron chi connectivity index (χ2n) is 5.24. The fourth-order valence-electron chi connectivity index (χ4n) is 2.80. The van der Waals surface area contributed by atoms with E-state index in [1.807, 2.05) is 18.2 Å². The van der Waals surface area contributed by atoms with Gasteiger partial charge in [-0.2, -0.15) is 0 Å². The normalized spacial score (nSPS) is 22.6. The van der Waals surface area contributed by atoms with E-state index in [9.17, 15) is 9.59 Å². The maximum atomic E-state index is 12.0. The van der Waals surface area contributed by atoms with Crippen LogP contribution in [0.4, 0.5) is 0 Å². The summed E-state index contributed by atoms with van der Waals surface area (Å²) < 4.78 is 5.64. The molecule has 1 aromatic rings. The lowest BCUT2D eigenvalue weighted by atomic mass is 9.92. The number of nitrogens with one attached hydrogen (secondary N) is 1. The van der Waals surface area contributed by atoms with E-state index in [2.05, 4.69) is 11.4 Å². The van der Waals surface area contributed by atoms with Crippen LogP contribution in [0.5, 0.6) is 5.75 Å². The zero-order valence-corrected chi connectivity index (χ0v) is 11.3. The van der Waals surface area contributed by atoms with Gasteiger partial charge >= 0.3 is 0 Å². The van der Waals surface area contributed by atoms with E-state index in [4.69, 9.17) is 4.74 Å². The van der Waals surface area contributed by atoms with Gasteiger partial charge in [-0.05, 0) is 18.1 Å². The van der Waals surface area contributed by atoms with Gasteiger partial charge in [0.25, 0.3) is 0 Å². The Labute approximate surface area is 117 Å². The maximum absolute atomic E-state index is 12.0. The van der Waals surface area contributed by atoms with Crippen LogP contribution in [0.1, 0.15) is 24.3 Å². The van der Waals surface area contributed by atoms with Gasteiger partial charge in [-0.25, -0.2) is 0 Å². The molecule has 0 saturated carbocycles. The molecule has 1 fully saturated rings. The molecule has 5 heteroatoms. The topological polar surface area (TPSA) is 58.6 Å². The summed E-state index contributed by atoms with van der Waals surface area (Å²) in [7, 11) is 0. The first-order valence-electron chi connectivity index (χ1n) is 7.00. The molecule has 2 heterocycles. The third kappa shape index (κ3) is 2.61. The molecule has 5 nitrogen and oxygen atoms in total. The predicted molar refractivity (Wildman–Crippen MR) is 73.5 cm³/mol. The van der Waals surface area contributed by atoms with E-state index in [0.29, 0.717) is 26.1 Å². The smallest absolute Gasteiger partial charge is 0.241 e. The summed E-state index contributed by atoms with van der Waals surface area (Å²) >= 11 is 0. The molecule has 3 rings (SSSR count). The molecule has 1 atom stereocenters. The number of carbonyl (C=O) groups is 2. The average Bonchev–Trinajstić information content (AvgIpc) is 2.63. The van der Waals surface area contributed by atoms with Crippen molar-refractivity contribution in [2.24, 2.45) is 0 Å². The number of amides is 2. The van der Waals surface area contributed by atoms with Crippen molar-refractivity contribution in [3.8, 4) is 5.75 Å². The van der Waals surface area contributed by atoms with Gasteiger partial charge in [0.15, 0.2) is 0 Å². The molecule has 0 aliphatic carbocycles. The number of nitrogens with zero attached hydrogens (tertiary/aromatic N) is 1. The van der Waals surface area contributed by atoms with Crippen molar-refractivity contribution in [3.63, 3.8) is 0 Å². The molecule has 1 unspecified atom stereocenters. The minimum absolute atomic E-state index is 0.000164. The third-order valence-electron chi connectivity index (χ3n) is 3.92. The second-order valence-corrected chi connectivity index (χ2v) is 5.24. The van der Waals surface area contributed by atoms with Gasteiger partial charge in [0.1, 0.15) is 5.75 Å². The Hall–Kier alpha value is -2.04. The number of carbonyl (C=O) groups excluding carboxylic acids is 2. The zero-order valence-electron chi connectivity index (χ0n) is 11.3. The van der Waals surface area contributed by atoms with Gasteiger partial charge in [-0.1, -0.05) is 18.2 Å².